The molecular formula is C11H12BrN3O. The number of nitrogens with one attached hydrogen (secondary N) is 1. The standard InChI is InChI=1S/C11H12BrN3O/c1-6-3-7(9-5-10(13)15-14-9)11(16-2)8(12)4-6/h3-5H,1-2H3,(H3,13,14,15). The summed E-state index contributed by atoms with van der Waals surface area (Å²) in [4.78, 5) is 0. The van der Waals surface area contributed by atoms with E-state index in [9.17, 15) is 0 Å². The molecule has 5 heteroatoms. The second kappa shape index (κ2) is 4.17. The van der Waals surface area contributed by atoms with Crippen LogP contribution in [0.1, 0.15) is 5.56 Å². The molecule has 0 unspecified atom stereocenters. The predicted molar refractivity (Wildman–Crippen MR) is 67.4 cm³/mol. The van der Waals surface area contributed by atoms with Crippen LogP contribution in [0.4, 0.5) is 5.82 Å². The lowest BCUT2D eigenvalue weighted by Crippen LogP contribution is -1.91. The molecule has 0 saturated carbocycles. The quantitative estimate of drug-likeness (QED) is 0.890. The van der Waals surface area contributed by atoms with E-state index in [0.29, 0.717) is 5.82 Å². The Kier molecular flexibility index (Phi) is 2.87. The third-order valence-electron chi connectivity index (χ3n) is 2.28. The molecule has 1 heterocycles. The van der Waals surface area contributed by atoms with Gasteiger partial charge in [0.15, 0.2) is 0 Å². The Morgan fingerprint density at radius 2 is 2.12 bits per heavy atom. The van der Waals surface area contributed by atoms with E-state index in [1.54, 1.807) is 13.2 Å². The minimum atomic E-state index is 0.467. The number of aromatic amines is 1. The zero-order chi connectivity index (χ0) is 11.7. The summed E-state index contributed by atoms with van der Waals surface area (Å²) < 4.78 is 6.27. The van der Waals surface area contributed by atoms with Crippen molar-refractivity contribution >= 4 is 21.7 Å². The van der Waals surface area contributed by atoms with Crippen LogP contribution in [0.25, 0.3) is 11.3 Å². The largest absolute Gasteiger partial charge is 0.495 e. The number of ether oxygens (including phenoxy) is 1. The molecule has 0 fully saturated rings. The maximum Gasteiger partial charge on any atom is 0.145 e. The van der Waals surface area contributed by atoms with Gasteiger partial charge in [0.1, 0.15) is 11.6 Å². The van der Waals surface area contributed by atoms with Gasteiger partial charge in [-0.05, 0) is 40.5 Å². The van der Waals surface area contributed by atoms with Gasteiger partial charge in [-0.25, -0.2) is 0 Å². The van der Waals surface area contributed by atoms with Gasteiger partial charge in [0.25, 0.3) is 0 Å². The number of rotatable bonds is 2. The van der Waals surface area contributed by atoms with Crippen molar-refractivity contribution < 1.29 is 4.74 Å². The minimum Gasteiger partial charge on any atom is -0.495 e. The molecule has 1 aromatic heterocycles. The van der Waals surface area contributed by atoms with Crippen molar-refractivity contribution in [2.24, 2.45) is 0 Å². The Labute approximate surface area is 102 Å². The highest BCUT2D eigenvalue weighted by Crippen LogP contribution is 2.36. The van der Waals surface area contributed by atoms with E-state index in [1.165, 1.54) is 0 Å². The van der Waals surface area contributed by atoms with Gasteiger partial charge < -0.3 is 10.5 Å². The molecular weight excluding hydrogens is 270 g/mol. The molecule has 0 aliphatic rings. The van der Waals surface area contributed by atoms with Crippen molar-refractivity contribution in [3.8, 4) is 17.0 Å². The van der Waals surface area contributed by atoms with Crippen molar-refractivity contribution in [3.05, 3.63) is 28.2 Å². The van der Waals surface area contributed by atoms with Crippen LogP contribution in [0, 0.1) is 6.92 Å². The highest BCUT2D eigenvalue weighted by molar-refractivity contribution is 9.10. The Hall–Kier alpha value is -1.49. The van der Waals surface area contributed by atoms with Gasteiger partial charge in [-0.2, -0.15) is 5.10 Å². The predicted octanol–water partition coefficient (Wildman–Crippen LogP) is 2.74. The van der Waals surface area contributed by atoms with Crippen LogP contribution in [0.2, 0.25) is 0 Å². The van der Waals surface area contributed by atoms with Crippen LogP contribution in [0.3, 0.4) is 0 Å². The average Bonchev–Trinajstić information content (AvgIpc) is 2.63. The second-order valence-corrected chi connectivity index (χ2v) is 4.39. The molecule has 0 bridgehead atoms. The number of anilines is 1. The Balaban J connectivity index is 2.63. The molecule has 4 nitrogen and oxygen atoms in total. The fraction of sp³-hybridized carbons (Fsp3) is 0.182. The van der Waals surface area contributed by atoms with Crippen molar-refractivity contribution in [3.63, 3.8) is 0 Å². The molecule has 0 aliphatic carbocycles. The lowest BCUT2D eigenvalue weighted by atomic mass is 10.1. The van der Waals surface area contributed by atoms with Crippen molar-refractivity contribution in [1.29, 1.82) is 0 Å². The molecule has 0 aliphatic heterocycles. The van der Waals surface area contributed by atoms with E-state index in [-0.39, 0.29) is 0 Å². The molecule has 3 N–H and O–H groups in total. The topological polar surface area (TPSA) is 63.9 Å². The molecule has 0 radical (unpaired) electrons. The maximum absolute atomic E-state index is 5.59. The van der Waals surface area contributed by atoms with E-state index < -0.39 is 0 Å². The SMILES string of the molecule is COc1c(Br)cc(C)cc1-c1cc(N)n[nH]1. The van der Waals surface area contributed by atoms with E-state index in [0.717, 1.165) is 27.0 Å². The van der Waals surface area contributed by atoms with Gasteiger partial charge in [0.2, 0.25) is 0 Å². The molecule has 2 aromatic rings. The van der Waals surface area contributed by atoms with Gasteiger partial charge in [-0.1, -0.05) is 0 Å². The van der Waals surface area contributed by atoms with Crippen molar-refractivity contribution in [1.82, 2.24) is 10.2 Å². The number of H-pyrrole nitrogens is 1. The molecule has 0 saturated heterocycles. The first-order valence-corrected chi connectivity index (χ1v) is 5.56. The van der Waals surface area contributed by atoms with Crippen LogP contribution in [0.15, 0.2) is 22.7 Å². The van der Waals surface area contributed by atoms with Gasteiger partial charge in [0.05, 0.1) is 17.3 Å². The third kappa shape index (κ3) is 1.90. The third-order valence-corrected chi connectivity index (χ3v) is 2.87. The van der Waals surface area contributed by atoms with Gasteiger partial charge >= 0.3 is 0 Å². The van der Waals surface area contributed by atoms with Gasteiger partial charge in [0, 0.05) is 11.6 Å². The number of halogens is 1. The zero-order valence-corrected chi connectivity index (χ0v) is 10.6. The highest BCUT2D eigenvalue weighted by atomic mass is 79.9. The lowest BCUT2D eigenvalue weighted by molar-refractivity contribution is 0.413. The van der Waals surface area contributed by atoms with E-state index in [4.69, 9.17) is 10.5 Å². The number of hydrogen-bond donors (Lipinski definition) is 2. The van der Waals surface area contributed by atoms with Crippen LogP contribution < -0.4 is 10.5 Å². The molecule has 0 spiro atoms. The first-order valence-electron chi connectivity index (χ1n) is 4.77. The summed E-state index contributed by atoms with van der Waals surface area (Å²) in [6.07, 6.45) is 0. The zero-order valence-electron chi connectivity index (χ0n) is 9.04. The first kappa shape index (κ1) is 11.0. The highest BCUT2D eigenvalue weighted by Gasteiger charge is 2.12. The summed E-state index contributed by atoms with van der Waals surface area (Å²) in [7, 11) is 1.64. The first-order chi connectivity index (χ1) is 7.61. The van der Waals surface area contributed by atoms with Gasteiger partial charge in [-0.15, -0.1) is 0 Å². The summed E-state index contributed by atoms with van der Waals surface area (Å²) in [5.74, 6) is 1.24. The lowest BCUT2D eigenvalue weighted by Gasteiger charge is -2.10. The molecule has 0 amide bonds. The number of nitrogens with zero attached hydrogens (tertiary/aromatic N) is 1. The molecule has 84 valence electrons. The average molecular weight is 282 g/mol. The second-order valence-electron chi connectivity index (χ2n) is 3.53. The van der Waals surface area contributed by atoms with E-state index >= 15 is 0 Å². The number of hydrogen-bond acceptors (Lipinski definition) is 3. The summed E-state index contributed by atoms with van der Waals surface area (Å²) in [6, 6.07) is 5.81. The van der Waals surface area contributed by atoms with Crippen LogP contribution >= 0.6 is 15.9 Å². The molecule has 2 rings (SSSR count). The number of aryl methyl sites for hydroxylation is 1. The summed E-state index contributed by atoms with van der Waals surface area (Å²) in [6.45, 7) is 2.02. The summed E-state index contributed by atoms with van der Waals surface area (Å²) in [5.41, 5.74) is 8.51. The monoisotopic (exact) mass is 281 g/mol. The Morgan fingerprint density at radius 3 is 2.69 bits per heavy atom. The smallest absolute Gasteiger partial charge is 0.145 e. The number of benzene rings is 1. The maximum atomic E-state index is 5.59. The number of nitrogen functional groups attached to an aromatic ring is 1. The summed E-state index contributed by atoms with van der Waals surface area (Å²) >= 11 is 3.47. The molecule has 0 atom stereocenters. The van der Waals surface area contributed by atoms with E-state index in [1.807, 2.05) is 19.1 Å². The van der Waals surface area contributed by atoms with E-state index in [2.05, 4.69) is 26.1 Å². The molecule has 1 aromatic carbocycles. The summed E-state index contributed by atoms with van der Waals surface area (Å²) in [5, 5.41) is 6.78. The van der Waals surface area contributed by atoms with Gasteiger partial charge in [-0.3, -0.25) is 5.10 Å². The number of methoxy groups -OCH3 is 1. The number of nitrogens with two attached hydrogens (primary N) is 1. The Bertz CT molecular complexity index is 522. The van der Waals surface area contributed by atoms with Crippen LogP contribution in [-0.2, 0) is 0 Å². The fourth-order valence-corrected chi connectivity index (χ4v) is 2.35. The fourth-order valence-electron chi connectivity index (χ4n) is 1.61. The number of aromatic nitrogens is 2. The van der Waals surface area contributed by atoms with Crippen LogP contribution in [-0.4, -0.2) is 17.3 Å². The molecule has 16 heavy (non-hydrogen) atoms. The van der Waals surface area contributed by atoms with Crippen molar-refractivity contribution in [2.45, 2.75) is 6.92 Å². The Morgan fingerprint density at radius 1 is 1.38 bits per heavy atom. The minimum absolute atomic E-state index is 0.467. The van der Waals surface area contributed by atoms with Crippen LogP contribution in [0.5, 0.6) is 5.75 Å². The normalized spacial score (nSPS) is 10.4. The van der Waals surface area contributed by atoms with Crippen molar-refractivity contribution in [2.75, 3.05) is 12.8 Å².